The van der Waals surface area contributed by atoms with Crippen LogP contribution in [0.25, 0.3) is 0 Å². The van der Waals surface area contributed by atoms with Gasteiger partial charge in [0.1, 0.15) is 29.7 Å². The van der Waals surface area contributed by atoms with Crippen molar-refractivity contribution in [3.05, 3.63) is 45.0 Å². The number of aliphatic carboxylic acids is 1. The second-order valence-corrected chi connectivity index (χ2v) is 6.52. The number of hydrogen-bond donors (Lipinski definition) is 3. The smallest absolute Gasteiger partial charge is 0.320 e. The average Bonchev–Trinajstić information content (AvgIpc) is 2.65. The zero-order valence-electron chi connectivity index (χ0n) is 16.7. The van der Waals surface area contributed by atoms with E-state index in [4.69, 9.17) is 10.5 Å². The van der Waals surface area contributed by atoms with Gasteiger partial charge in [-0.05, 0) is 20.3 Å². The molecule has 2 aromatic rings. The maximum Gasteiger partial charge on any atom is 0.320 e. The minimum atomic E-state index is -1.08. The number of nitrogens with one attached hydrogen (secondary N) is 1. The molecular weight excluding hydrogens is 380 g/mol. The van der Waals surface area contributed by atoms with E-state index < -0.39 is 28.7 Å². The van der Waals surface area contributed by atoms with E-state index in [9.17, 15) is 20.0 Å². The van der Waals surface area contributed by atoms with Crippen molar-refractivity contribution in [3.8, 4) is 5.75 Å². The fraction of sp³-hybridized carbons (Fsp3) is 0.444. The Morgan fingerprint density at radius 1 is 1.34 bits per heavy atom. The summed E-state index contributed by atoms with van der Waals surface area (Å²) in [7, 11) is 1.50. The quantitative estimate of drug-likeness (QED) is 0.415. The summed E-state index contributed by atoms with van der Waals surface area (Å²) in [6, 6.07) is -1.99. The van der Waals surface area contributed by atoms with Gasteiger partial charge in [-0.25, -0.2) is 9.97 Å². The topological polar surface area (TPSA) is 166 Å². The zero-order valence-corrected chi connectivity index (χ0v) is 16.7. The van der Waals surface area contributed by atoms with Crippen LogP contribution in [0.1, 0.15) is 48.3 Å². The molecule has 0 bridgehead atoms. The summed E-state index contributed by atoms with van der Waals surface area (Å²) in [5.41, 5.74) is 6.96. The number of anilines is 1. The van der Waals surface area contributed by atoms with Crippen molar-refractivity contribution in [2.24, 2.45) is 0 Å². The average molecular weight is 404 g/mol. The van der Waals surface area contributed by atoms with E-state index in [-0.39, 0.29) is 11.6 Å². The van der Waals surface area contributed by atoms with E-state index in [0.29, 0.717) is 29.8 Å². The number of pyridine rings is 1. The second-order valence-electron chi connectivity index (χ2n) is 6.52. The minimum Gasteiger partial charge on any atom is -0.496 e. The number of hydrogen-bond acceptors (Lipinski definition) is 9. The summed E-state index contributed by atoms with van der Waals surface area (Å²) in [6.45, 7) is 5.40. The summed E-state index contributed by atoms with van der Waals surface area (Å²) in [4.78, 5) is 34.8. The molecular formula is C18H24N6O5. The largest absolute Gasteiger partial charge is 0.496 e. The third-order valence-electron chi connectivity index (χ3n) is 4.49. The van der Waals surface area contributed by atoms with Crippen molar-refractivity contribution in [1.82, 2.24) is 20.3 Å². The summed E-state index contributed by atoms with van der Waals surface area (Å²) in [5, 5.41) is 24.1. The van der Waals surface area contributed by atoms with Crippen LogP contribution < -0.4 is 15.8 Å². The number of aromatic nitrogens is 3. The van der Waals surface area contributed by atoms with Crippen LogP contribution in [0.4, 0.5) is 11.6 Å². The van der Waals surface area contributed by atoms with Gasteiger partial charge in [-0.15, -0.1) is 0 Å². The van der Waals surface area contributed by atoms with Crippen molar-refractivity contribution in [1.29, 1.82) is 0 Å². The lowest BCUT2D eigenvalue weighted by Gasteiger charge is -2.24. The number of carbonyl (C=O) groups is 1. The lowest BCUT2D eigenvalue weighted by molar-refractivity contribution is -0.386. The van der Waals surface area contributed by atoms with Crippen LogP contribution in [-0.2, 0) is 4.79 Å². The van der Waals surface area contributed by atoms with Gasteiger partial charge in [0.25, 0.3) is 0 Å². The molecule has 11 heteroatoms. The third kappa shape index (κ3) is 4.74. The highest BCUT2D eigenvalue weighted by Gasteiger charge is 2.33. The number of ether oxygens (including phenoxy) is 1. The van der Waals surface area contributed by atoms with E-state index in [1.807, 2.05) is 13.8 Å². The van der Waals surface area contributed by atoms with Crippen molar-refractivity contribution >= 4 is 17.6 Å². The Kier molecular flexibility index (Phi) is 6.99. The number of nitrogen functional groups attached to an aromatic ring is 1. The molecule has 0 saturated heterocycles. The molecule has 4 N–H and O–H groups in total. The van der Waals surface area contributed by atoms with E-state index in [2.05, 4.69) is 20.3 Å². The Bertz CT molecular complexity index is 920. The van der Waals surface area contributed by atoms with Gasteiger partial charge >= 0.3 is 11.7 Å². The summed E-state index contributed by atoms with van der Waals surface area (Å²) < 4.78 is 5.43. The fourth-order valence-electron chi connectivity index (χ4n) is 3.15. The Balaban J connectivity index is 2.73. The first kappa shape index (κ1) is 22.0. The van der Waals surface area contributed by atoms with Crippen molar-refractivity contribution < 1.29 is 19.6 Å². The molecule has 0 aliphatic heterocycles. The van der Waals surface area contributed by atoms with E-state index in [0.717, 1.165) is 11.8 Å². The van der Waals surface area contributed by atoms with Crippen LogP contribution in [0.3, 0.4) is 0 Å². The number of carboxylic acid groups (broad SMARTS) is 1. The number of carboxylic acids is 1. The van der Waals surface area contributed by atoms with Crippen LogP contribution in [0, 0.1) is 24.0 Å². The first-order valence-electron chi connectivity index (χ1n) is 8.96. The predicted molar refractivity (Wildman–Crippen MR) is 105 cm³/mol. The molecule has 0 aliphatic carbocycles. The highest BCUT2D eigenvalue weighted by molar-refractivity contribution is 5.73. The Labute approximate surface area is 167 Å². The first-order valence-corrected chi connectivity index (χ1v) is 8.96. The summed E-state index contributed by atoms with van der Waals surface area (Å²) in [5.74, 6) is -0.705. The van der Waals surface area contributed by atoms with Crippen LogP contribution in [0.5, 0.6) is 5.75 Å². The highest BCUT2D eigenvalue weighted by atomic mass is 16.6. The van der Waals surface area contributed by atoms with Crippen LogP contribution >= 0.6 is 0 Å². The van der Waals surface area contributed by atoms with Crippen molar-refractivity contribution in [3.63, 3.8) is 0 Å². The molecule has 2 aromatic heterocycles. The minimum absolute atomic E-state index is 0.0636. The lowest BCUT2D eigenvalue weighted by atomic mass is 9.99. The predicted octanol–water partition coefficient (Wildman–Crippen LogP) is 1.92. The first-order chi connectivity index (χ1) is 13.7. The van der Waals surface area contributed by atoms with Gasteiger partial charge in [0.2, 0.25) is 5.95 Å². The zero-order chi connectivity index (χ0) is 21.7. The van der Waals surface area contributed by atoms with Gasteiger partial charge in [0.15, 0.2) is 0 Å². The molecule has 0 fully saturated rings. The van der Waals surface area contributed by atoms with Crippen LogP contribution in [-0.4, -0.2) is 44.1 Å². The molecule has 0 spiro atoms. The molecule has 11 nitrogen and oxygen atoms in total. The maximum absolute atomic E-state index is 11.7. The SMILES string of the molecule is CCC[C@@H](NC(c1nc(N)ncc1[N+](=O)[O-])c1ncc(C)c(OC)c1C)C(=O)O. The van der Waals surface area contributed by atoms with Gasteiger partial charge in [-0.2, -0.15) is 0 Å². The molecule has 0 aromatic carbocycles. The standard InChI is InChI=1S/C18H24N6O5/c1-5-6-11(17(25)26)22-15(13-10(3)16(29-4)9(2)7-20-13)14-12(24(27)28)8-21-18(19)23-14/h7-8,11,15,22H,5-6H2,1-4H3,(H,25,26)(H2,19,21,23)/t11-,15?/m1/s1. The number of rotatable bonds is 9. The molecule has 0 saturated carbocycles. The normalized spacial score (nSPS) is 13.0. The number of aryl methyl sites for hydroxylation is 1. The lowest BCUT2D eigenvalue weighted by Crippen LogP contribution is -2.40. The molecule has 2 atom stereocenters. The fourth-order valence-corrected chi connectivity index (χ4v) is 3.15. The summed E-state index contributed by atoms with van der Waals surface area (Å²) in [6.07, 6.45) is 3.46. The molecule has 2 rings (SSSR count). The van der Waals surface area contributed by atoms with E-state index >= 15 is 0 Å². The molecule has 0 radical (unpaired) electrons. The Morgan fingerprint density at radius 2 is 2.03 bits per heavy atom. The third-order valence-corrected chi connectivity index (χ3v) is 4.49. The van der Waals surface area contributed by atoms with Gasteiger partial charge in [-0.1, -0.05) is 13.3 Å². The Morgan fingerprint density at radius 3 is 2.59 bits per heavy atom. The number of nitro groups is 1. The molecule has 0 aliphatic rings. The van der Waals surface area contributed by atoms with Gasteiger partial charge in [0, 0.05) is 17.3 Å². The van der Waals surface area contributed by atoms with Gasteiger partial charge in [-0.3, -0.25) is 25.2 Å². The van der Waals surface area contributed by atoms with Crippen LogP contribution in [0.2, 0.25) is 0 Å². The van der Waals surface area contributed by atoms with Crippen LogP contribution in [0.15, 0.2) is 12.4 Å². The molecule has 0 amide bonds. The highest BCUT2D eigenvalue weighted by Crippen LogP contribution is 2.34. The van der Waals surface area contributed by atoms with E-state index in [1.165, 1.54) is 7.11 Å². The maximum atomic E-state index is 11.7. The molecule has 1 unspecified atom stereocenters. The molecule has 156 valence electrons. The van der Waals surface area contributed by atoms with Gasteiger partial charge < -0.3 is 15.6 Å². The second kappa shape index (κ2) is 9.24. The van der Waals surface area contributed by atoms with Crippen molar-refractivity contribution in [2.45, 2.75) is 45.7 Å². The monoisotopic (exact) mass is 404 g/mol. The summed E-state index contributed by atoms with van der Waals surface area (Å²) >= 11 is 0. The van der Waals surface area contributed by atoms with Crippen molar-refractivity contribution in [2.75, 3.05) is 12.8 Å². The number of nitrogens with two attached hydrogens (primary N) is 1. The van der Waals surface area contributed by atoms with Gasteiger partial charge in [0.05, 0.1) is 17.7 Å². The molecule has 29 heavy (non-hydrogen) atoms. The number of methoxy groups -OCH3 is 1. The van der Waals surface area contributed by atoms with E-state index in [1.54, 1.807) is 13.1 Å². The molecule has 2 heterocycles. The Hall–Kier alpha value is -3.34. The number of nitrogens with zero attached hydrogens (tertiary/aromatic N) is 4.